The molecule has 1 atom stereocenters. The molecule has 4 N–H and O–H groups in total. The number of nitrogens with two attached hydrogens (primary N) is 1. The van der Waals surface area contributed by atoms with E-state index >= 15 is 0 Å². The molecule has 1 heterocycles. The number of carbonyl (C=O) groups is 1. The van der Waals surface area contributed by atoms with E-state index in [0.717, 1.165) is 13.1 Å². The first-order valence-corrected chi connectivity index (χ1v) is 5.22. The highest BCUT2D eigenvalue weighted by molar-refractivity contribution is 5.74. The van der Waals surface area contributed by atoms with Crippen molar-refractivity contribution in [3.8, 4) is 0 Å². The SMILES string of the molecule is NC(=O)CONCC(O)CN1CCCC1. The quantitative estimate of drug-likeness (QED) is 0.355. The van der Waals surface area contributed by atoms with E-state index in [1.54, 1.807) is 0 Å². The molecule has 1 aliphatic rings. The lowest BCUT2D eigenvalue weighted by Gasteiger charge is -2.19. The van der Waals surface area contributed by atoms with Crippen LogP contribution in [0.3, 0.4) is 0 Å². The maximum Gasteiger partial charge on any atom is 0.245 e. The minimum Gasteiger partial charge on any atom is -0.390 e. The Kier molecular flexibility index (Phi) is 5.56. The molecule has 0 aliphatic carbocycles. The Bertz CT molecular complexity index is 195. The Labute approximate surface area is 89.3 Å². The molecule has 1 aliphatic heterocycles. The molecule has 6 nitrogen and oxygen atoms in total. The first-order chi connectivity index (χ1) is 7.18. The number of amides is 1. The van der Waals surface area contributed by atoms with Crippen LogP contribution < -0.4 is 11.2 Å². The van der Waals surface area contributed by atoms with Crippen LogP contribution in [0.4, 0.5) is 0 Å². The van der Waals surface area contributed by atoms with Gasteiger partial charge in [-0.2, -0.15) is 5.48 Å². The Morgan fingerprint density at radius 2 is 2.20 bits per heavy atom. The van der Waals surface area contributed by atoms with E-state index in [0.29, 0.717) is 13.1 Å². The largest absolute Gasteiger partial charge is 0.390 e. The van der Waals surface area contributed by atoms with Crippen molar-refractivity contribution in [2.45, 2.75) is 18.9 Å². The topological polar surface area (TPSA) is 87.8 Å². The summed E-state index contributed by atoms with van der Waals surface area (Å²) in [4.78, 5) is 17.2. The highest BCUT2D eigenvalue weighted by Gasteiger charge is 2.15. The van der Waals surface area contributed by atoms with E-state index in [9.17, 15) is 9.90 Å². The van der Waals surface area contributed by atoms with Crippen molar-refractivity contribution in [3.05, 3.63) is 0 Å². The standard InChI is InChI=1S/C9H19N3O3/c10-9(14)7-15-11-5-8(13)6-12-3-1-2-4-12/h8,11,13H,1-7H2,(H2,10,14). The first kappa shape index (κ1) is 12.4. The maximum absolute atomic E-state index is 10.3. The number of aliphatic hydroxyl groups excluding tert-OH is 1. The molecule has 1 fully saturated rings. The molecule has 0 saturated carbocycles. The van der Waals surface area contributed by atoms with E-state index in [1.807, 2.05) is 0 Å². The monoisotopic (exact) mass is 217 g/mol. The fourth-order valence-corrected chi connectivity index (χ4v) is 1.61. The van der Waals surface area contributed by atoms with Crippen molar-refractivity contribution >= 4 is 5.91 Å². The van der Waals surface area contributed by atoms with Crippen molar-refractivity contribution in [2.75, 3.05) is 32.8 Å². The summed E-state index contributed by atoms with van der Waals surface area (Å²) in [5.41, 5.74) is 7.38. The predicted octanol–water partition coefficient (Wildman–Crippen LogP) is -1.55. The van der Waals surface area contributed by atoms with Crippen LogP contribution in [0.25, 0.3) is 0 Å². The van der Waals surface area contributed by atoms with Crippen molar-refractivity contribution in [1.82, 2.24) is 10.4 Å². The summed E-state index contributed by atoms with van der Waals surface area (Å²) in [5, 5.41) is 9.57. The van der Waals surface area contributed by atoms with Crippen molar-refractivity contribution < 1.29 is 14.7 Å². The number of nitrogens with zero attached hydrogens (tertiary/aromatic N) is 1. The highest BCUT2D eigenvalue weighted by Crippen LogP contribution is 2.07. The van der Waals surface area contributed by atoms with E-state index in [2.05, 4.69) is 10.4 Å². The van der Waals surface area contributed by atoms with Gasteiger partial charge < -0.3 is 15.7 Å². The third kappa shape index (κ3) is 5.68. The summed E-state index contributed by atoms with van der Waals surface area (Å²) in [7, 11) is 0. The summed E-state index contributed by atoms with van der Waals surface area (Å²) < 4.78 is 0. The molecule has 1 amide bonds. The molecule has 6 heteroatoms. The Morgan fingerprint density at radius 3 is 2.80 bits per heavy atom. The molecule has 1 unspecified atom stereocenters. The van der Waals surface area contributed by atoms with Gasteiger partial charge in [0.1, 0.15) is 6.61 Å². The molecule has 88 valence electrons. The molecule has 0 aromatic heterocycles. The highest BCUT2D eigenvalue weighted by atomic mass is 16.6. The zero-order valence-electron chi connectivity index (χ0n) is 8.82. The number of rotatable bonds is 7. The summed E-state index contributed by atoms with van der Waals surface area (Å²) in [6.45, 7) is 2.89. The van der Waals surface area contributed by atoms with E-state index in [1.165, 1.54) is 12.8 Å². The normalized spacial score (nSPS) is 19.3. The Hall–Kier alpha value is -0.690. The lowest BCUT2D eigenvalue weighted by atomic mass is 10.3. The van der Waals surface area contributed by atoms with Gasteiger partial charge in [0, 0.05) is 13.1 Å². The van der Waals surface area contributed by atoms with Crippen LogP contribution in [0.1, 0.15) is 12.8 Å². The number of aliphatic hydroxyl groups is 1. The van der Waals surface area contributed by atoms with Crippen LogP contribution in [-0.4, -0.2) is 54.8 Å². The number of nitrogens with one attached hydrogen (secondary N) is 1. The van der Waals surface area contributed by atoms with Crippen molar-refractivity contribution in [2.24, 2.45) is 5.73 Å². The lowest BCUT2D eigenvalue weighted by Crippen LogP contribution is -2.38. The second-order valence-corrected chi connectivity index (χ2v) is 3.76. The fraction of sp³-hybridized carbons (Fsp3) is 0.889. The Balaban J connectivity index is 1.97. The Morgan fingerprint density at radius 1 is 1.53 bits per heavy atom. The number of β-amino-alcohol motifs (C(OH)–C–C–N with tert-alkyl or cyclic N) is 1. The summed E-state index contributed by atoms with van der Waals surface area (Å²) in [6, 6.07) is 0. The van der Waals surface area contributed by atoms with Gasteiger partial charge in [0.15, 0.2) is 0 Å². The molecule has 1 rings (SSSR count). The summed E-state index contributed by atoms with van der Waals surface area (Å²) in [6.07, 6.45) is 1.94. The number of likely N-dealkylation sites (tertiary alicyclic amines) is 1. The zero-order valence-corrected chi connectivity index (χ0v) is 8.82. The van der Waals surface area contributed by atoms with Crippen LogP contribution in [0.5, 0.6) is 0 Å². The number of primary amides is 1. The first-order valence-electron chi connectivity index (χ1n) is 5.22. The van der Waals surface area contributed by atoms with Gasteiger partial charge in [-0.05, 0) is 25.9 Å². The average molecular weight is 217 g/mol. The molecule has 0 aromatic carbocycles. The molecular formula is C9H19N3O3. The van der Waals surface area contributed by atoms with Gasteiger partial charge >= 0.3 is 0 Å². The molecule has 15 heavy (non-hydrogen) atoms. The third-order valence-corrected chi connectivity index (χ3v) is 2.30. The molecular weight excluding hydrogens is 198 g/mol. The van der Waals surface area contributed by atoms with E-state index in [-0.39, 0.29) is 6.61 Å². The van der Waals surface area contributed by atoms with Gasteiger partial charge in [-0.1, -0.05) is 0 Å². The van der Waals surface area contributed by atoms with Gasteiger partial charge in [-0.15, -0.1) is 0 Å². The third-order valence-electron chi connectivity index (χ3n) is 2.30. The molecule has 0 spiro atoms. The number of hydrogen-bond donors (Lipinski definition) is 3. The van der Waals surface area contributed by atoms with Crippen LogP contribution in [-0.2, 0) is 9.63 Å². The van der Waals surface area contributed by atoms with Crippen LogP contribution in [0.2, 0.25) is 0 Å². The minimum atomic E-state index is -0.531. The zero-order chi connectivity index (χ0) is 11.1. The molecule has 1 saturated heterocycles. The number of carbonyl (C=O) groups excluding carboxylic acids is 1. The summed E-state index contributed by atoms with van der Waals surface area (Å²) in [5.74, 6) is -0.531. The van der Waals surface area contributed by atoms with Gasteiger partial charge in [0.2, 0.25) is 5.91 Å². The molecule has 0 bridgehead atoms. The van der Waals surface area contributed by atoms with Crippen LogP contribution in [0, 0.1) is 0 Å². The number of hydroxylamine groups is 1. The van der Waals surface area contributed by atoms with Gasteiger partial charge in [0.25, 0.3) is 0 Å². The van der Waals surface area contributed by atoms with Gasteiger partial charge in [-0.25, -0.2) is 0 Å². The maximum atomic E-state index is 10.3. The predicted molar refractivity (Wildman–Crippen MR) is 54.8 cm³/mol. The van der Waals surface area contributed by atoms with Crippen LogP contribution in [0.15, 0.2) is 0 Å². The summed E-state index contributed by atoms with van der Waals surface area (Å²) >= 11 is 0. The van der Waals surface area contributed by atoms with Gasteiger partial charge in [-0.3, -0.25) is 9.63 Å². The van der Waals surface area contributed by atoms with Gasteiger partial charge in [0.05, 0.1) is 6.10 Å². The number of hydrogen-bond acceptors (Lipinski definition) is 5. The lowest BCUT2D eigenvalue weighted by molar-refractivity contribution is -0.125. The van der Waals surface area contributed by atoms with Crippen molar-refractivity contribution in [3.63, 3.8) is 0 Å². The fourth-order valence-electron chi connectivity index (χ4n) is 1.61. The second-order valence-electron chi connectivity index (χ2n) is 3.76. The van der Waals surface area contributed by atoms with Crippen molar-refractivity contribution in [1.29, 1.82) is 0 Å². The smallest absolute Gasteiger partial charge is 0.245 e. The minimum absolute atomic E-state index is 0.170. The van der Waals surface area contributed by atoms with Crippen LogP contribution >= 0.6 is 0 Å². The molecule has 0 aromatic rings. The molecule has 0 radical (unpaired) electrons. The van der Waals surface area contributed by atoms with E-state index < -0.39 is 12.0 Å². The van der Waals surface area contributed by atoms with E-state index in [4.69, 9.17) is 10.6 Å². The average Bonchev–Trinajstić information content (AvgIpc) is 2.64. The second kappa shape index (κ2) is 6.73.